The summed E-state index contributed by atoms with van der Waals surface area (Å²) in [5.41, 5.74) is 2.51. The molecule has 0 radical (unpaired) electrons. The lowest BCUT2D eigenvalue weighted by molar-refractivity contribution is 0.0689. The van der Waals surface area contributed by atoms with E-state index in [1.807, 2.05) is 47.0 Å². The largest absolute Gasteiger partial charge is 0.338 e. The number of aromatic nitrogens is 5. The average molecular weight is 378 g/mol. The van der Waals surface area contributed by atoms with Gasteiger partial charge in [-0.2, -0.15) is 4.98 Å². The molecule has 0 spiro atoms. The van der Waals surface area contributed by atoms with Gasteiger partial charge in [-0.1, -0.05) is 28.1 Å². The summed E-state index contributed by atoms with van der Waals surface area (Å²) in [6, 6.07) is 7.96. The molecule has 144 valence electrons. The van der Waals surface area contributed by atoms with Gasteiger partial charge in [0.1, 0.15) is 0 Å². The van der Waals surface area contributed by atoms with Gasteiger partial charge in [-0.05, 0) is 44.7 Å². The third-order valence-corrected chi connectivity index (χ3v) is 5.54. The smallest absolute Gasteiger partial charge is 0.280 e. The predicted molar refractivity (Wildman–Crippen MR) is 101 cm³/mol. The Balaban J connectivity index is 1.22. The average Bonchev–Trinajstić information content (AvgIpc) is 3.26. The van der Waals surface area contributed by atoms with Gasteiger partial charge in [-0.3, -0.25) is 4.79 Å². The van der Waals surface area contributed by atoms with Crippen molar-refractivity contribution in [3.63, 3.8) is 0 Å². The second-order valence-corrected chi connectivity index (χ2v) is 7.71. The van der Waals surface area contributed by atoms with Crippen molar-refractivity contribution in [1.82, 2.24) is 30.0 Å². The van der Waals surface area contributed by atoms with E-state index in [2.05, 4.69) is 20.5 Å². The number of aryl methyl sites for hydroxylation is 1. The molecule has 2 aromatic heterocycles. The number of nitrogens with zero attached hydrogens (tertiary/aromatic N) is 6. The third-order valence-electron chi connectivity index (χ3n) is 5.54. The molecule has 1 amide bonds. The van der Waals surface area contributed by atoms with Gasteiger partial charge >= 0.3 is 0 Å². The molecule has 2 fully saturated rings. The van der Waals surface area contributed by atoms with Crippen LogP contribution in [0.15, 0.2) is 35.0 Å². The molecule has 1 aromatic carbocycles. The second-order valence-electron chi connectivity index (χ2n) is 7.71. The molecule has 8 nitrogen and oxygen atoms in total. The highest BCUT2D eigenvalue weighted by molar-refractivity contribution is 5.94. The van der Waals surface area contributed by atoms with E-state index >= 15 is 0 Å². The standard InChI is InChI=1S/C20H22N6O2/c1-13-2-4-15(5-3-13)20(27)25-10-8-16(9-11-25)26-12-17(22-24-26)19-21-18(23-28-19)14-6-7-14/h2-5,12,14,16H,6-11H2,1H3. The van der Waals surface area contributed by atoms with E-state index in [0.717, 1.165) is 42.6 Å². The molecule has 1 aliphatic carbocycles. The minimum Gasteiger partial charge on any atom is -0.338 e. The zero-order valence-electron chi connectivity index (χ0n) is 15.8. The minimum absolute atomic E-state index is 0.0937. The first-order chi connectivity index (χ1) is 13.7. The number of piperidine rings is 1. The lowest BCUT2D eigenvalue weighted by atomic mass is 10.0. The van der Waals surface area contributed by atoms with Gasteiger partial charge in [0, 0.05) is 24.6 Å². The van der Waals surface area contributed by atoms with Crippen LogP contribution in [0.2, 0.25) is 0 Å². The highest BCUT2D eigenvalue weighted by Crippen LogP contribution is 2.38. The molecule has 0 N–H and O–H groups in total. The van der Waals surface area contributed by atoms with E-state index in [4.69, 9.17) is 4.52 Å². The van der Waals surface area contributed by atoms with Crippen molar-refractivity contribution in [2.75, 3.05) is 13.1 Å². The Labute approximate surface area is 162 Å². The summed E-state index contributed by atoms with van der Waals surface area (Å²) >= 11 is 0. The first kappa shape index (κ1) is 17.1. The lowest BCUT2D eigenvalue weighted by Gasteiger charge is -2.31. The first-order valence-corrected chi connectivity index (χ1v) is 9.79. The van der Waals surface area contributed by atoms with E-state index < -0.39 is 0 Å². The summed E-state index contributed by atoms with van der Waals surface area (Å²) in [5.74, 6) is 1.74. The normalized spacial score (nSPS) is 17.8. The van der Waals surface area contributed by atoms with Crippen molar-refractivity contribution in [2.45, 2.75) is 44.6 Å². The maximum absolute atomic E-state index is 12.7. The number of amides is 1. The number of likely N-dealkylation sites (tertiary alicyclic amines) is 1. The van der Waals surface area contributed by atoms with Crippen LogP contribution in [-0.4, -0.2) is 49.0 Å². The topological polar surface area (TPSA) is 89.9 Å². The zero-order valence-corrected chi connectivity index (χ0v) is 15.8. The van der Waals surface area contributed by atoms with E-state index in [-0.39, 0.29) is 11.9 Å². The third kappa shape index (κ3) is 3.30. The van der Waals surface area contributed by atoms with Gasteiger partial charge in [0.25, 0.3) is 11.8 Å². The monoisotopic (exact) mass is 378 g/mol. The number of benzene rings is 1. The van der Waals surface area contributed by atoms with E-state index in [1.165, 1.54) is 0 Å². The Kier molecular flexibility index (Phi) is 4.18. The fraction of sp³-hybridized carbons (Fsp3) is 0.450. The maximum atomic E-state index is 12.7. The SMILES string of the molecule is Cc1ccc(C(=O)N2CCC(n3cc(-c4nc(C5CC5)no4)nn3)CC2)cc1. The van der Waals surface area contributed by atoms with Crippen molar-refractivity contribution in [2.24, 2.45) is 0 Å². The van der Waals surface area contributed by atoms with Crippen molar-refractivity contribution in [1.29, 1.82) is 0 Å². The quantitative estimate of drug-likeness (QED) is 0.693. The highest BCUT2D eigenvalue weighted by atomic mass is 16.5. The van der Waals surface area contributed by atoms with Gasteiger partial charge in [0.05, 0.1) is 12.2 Å². The van der Waals surface area contributed by atoms with Gasteiger partial charge in [-0.15, -0.1) is 5.10 Å². The van der Waals surface area contributed by atoms with E-state index in [1.54, 1.807) is 0 Å². The molecule has 2 aliphatic rings. The zero-order chi connectivity index (χ0) is 19.1. The van der Waals surface area contributed by atoms with E-state index in [9.17, 15) is 4.79 Å². The minimum atomic E-state index is 0.0937. The molecule has 1 saturated carbocycles. The summed E-state index contributed by atoms with van der Waals surface area (Å²) in [6.45, 7) is 3.44. The number of carbonyl (C=O) groups is 1. The molecule has 5 rings (SSSR count). The fourth-order valence-corrected chi connectivity index (χ4v) is 3.61. The number of hydrogen-bond donors (Lipinski definition) is 0. The summed E-state index contributed by atoms with van der Waals surface area (Å²) in [7, 11) is 0. The number of carbonyl (C=O) groups excluding carboxylic acids is 1. The van der Waals surface area contributed by atoms with Crippen LogP contribution in [0.3, 0.4) is 0 Å². The van der Waals surface area contributed by atoms with Crippen LogP contribution in [-0.2, 0) is 0 Å². The molecule has 0 atom stereocenters. The summed E-state index contributed by atoms with van der Waals surface area (Å²) in [5, 5.41) is 12.5. The molecule has 1 saturated heterocycles. The Hall–Kier alpha value is -3.03. The Morgan fingerprint density at radius 3 is 2.57 bits per heavy atom. The molecule has 0 unspecified atom stereocenters. The maximum Gasteiger partial charge on any atom is 0.280 e. The van der Waals surface area contributed by atoms with Crippen LogP contribution in [0.1, 0.15) is 59.4 Å². The van der Waals surface area contributed by atoms with Crippen LogP contribution in [0, 0.1) is 6.92 Å². The molecule has 1 aliphatic heterocycles. The van der Waals surface area contributed by atoms with Gasteiger partial charge in [-0.25, -0.2) is 4.68 Å². The van der Waals surface area contributed by atoms with Crippen LogP contribution < -0.4 is 0 Å². The second kappa shape index (κ2) is 6.85. The molecule has 3 heterocycles. The van der Waals surface area contributed by atoms with E-state index in [0.29, 0.717) is 30.6 Å². The lowest BCUT2D eigenvalue weighted by Crippen LogP contribution is -2.39. The molecule has 8 heteroatoms. The highest BCUT2D eigenvalue weighted by Gasteiger charge is 2.30. The molecule has 3 aromatic rings. The molecular weight excluding hydrogens is 356 g/mol. The Morgan fingerprint density at radius 2 is 1.86 bits per heavy atom. The Morgan fingerprint density at radius 1 is 1.11 bits per heavy atom. The predicted octanol–water partition coefficient (Wildman–Crippen LogP) is 2.99. The van der Waals surface area contributed by atoms with Crippen LogP contribution in [0.4, 0.5) is 0 Å². The van der Waals surface area contributed by atoms with Gasteiger partial charge in [0.15, 0.2) is 11.5 Å². The van der Waals surface area contributed by atoms with Gasteiger partial charge in [0.2, 0.25) is 0 Å². The summed E-state index contributed by atoms with van der Waals surface area (Å²) < 4.78 is 7.19. The molecule has 28 heavy (non-hydrogen) atoms. The summed E-state index contributed by atoms with van der Waals surface area (Å²) in [4.78, 5) is 19.0. The van der Waals surface area contributed by atoms with Crippen molar-refractivity contribution in [3.05, 3.63) is 47.4 Å². The fourth-order valence-electron chi connectivity index (χ4n) is 3.61. The summed E-state index contributed by atoms with van der Waals surface area (Å²) in [6.07, 6.45) is 5.82. The number of hydrogen-bond acceptors (Lipinski definition) is 6. The van der Waals surface area contributed by atoms with Crippen LogP contribution >= 0.6 is 0 Å². The van der Waals surface area contributed by atoms with Gasteiger partial charge < -0.3 is 9.42 Å². The number of rotatable bonds is 4. The van der Waals surface area contributed by atoms with Crippen molar-refractivity contribution < 1.29 is 9.32 Å². The van der Waals surface area contributed by atoms with Crippen LogP contribution in [0.25, 0.3) is 11.6 Å². The molecule has 0 bridgehead atoms. The van der Waals surface area contributed by atoms with Crippen molar-refractivity contribution >= 4 is 5.91 Å². The van der Waals surface area contributed by atoms with Crippen molar-refractivity contribution in [3.8, 4) is 11.6 Å². The van der Waals surface area contributed by atoms with Crippen LogP contribution in [0.5, 0.6) is 0 Å². The first-order valence-electron chi connectivity index (χ1n) is 9.79. The Bertz CT molecular complexity index is 980. The molecular formula is C20H22N6O2.